The first kappa shape index (κ1) is 11.1. The molecule has 2 aromatic rings. The van der Waals surface area contributed by atoms with Crippen molar-refractivity contribution in [3.8, 4) is 0 Å². The average Bonchev–Trinajstić information content (AvgIpc) is 3.23. The summed E-state index contributed by atoms with van der Waals surface area (Å²) >= 11 is 0. The minimum absolute atomic E-state index is 0.625. The molecule has 2 N–H and O–H groups in total. The molecule has 0 aliphatic heterocycles. The van der Waals surface area contributed by atoms with Crippen LogP contribution in [-0.2, 0) is 6.54 Å². The van der Waals surface area contributed by atoms with E-state index >= 15 is 0 Å². The maximum absolute atomic E-state index is 6.02. The van der Waals surface area contributed by atoms with Crippen LogP contribution in [0.5, 0.6) is 0 Å². The number of nitrogens with zero attached hydrogens (tertiary/aromatic N) is 2. The summed E-state index contributed by atoms with van der Waals surface area (Å²) in [6, 6.07) is 14.7. The summed E-state index contributed by atoms with van der Waals surface area (Å²) in [5, 5.41) is 0. The number of hydrogen-bond donors (Lipinski definition) is 1. The molecule has 1 aliphatic rings. The third-order valence-electron chi connectivity index (χ3n) is 3.33. The quantitative estimate of drug-likeness (QED) is 0.834. The van der Waals surface area contributed by atoms with Gasteiger partial charge in [-0.05, 0) is 36.6 Å². The Morgan fingerprint density at radius 3 is 2.56 bits per heavy atom. The Balaban J connectivity index is 1.86. The minimum atomic E-state index is 0.625. The van der Waals surface area contributed by atoms with E-state index in [9.17, 15) is 0 Å². The molecule has 1 aromatic heterocycles. The molecule has 3 heteroatoms. The molecule has 1 heterocycles. The van der Waals surface area contributed by atoms with Gasteiger partial charge in [0.2, 0.25) is 0 Å². The van der Waals surface area contributed by atoms with Crippen LogP contribution < -0.4 is 10.6 Å². The van der Waals surface area contributed by atoms with Crippen LogP contribution in [0.1, 0.15) is 18.4 Å². The van der Waals surface area contributed by atoms with Crippen LogP contribution in [0, 0.1) is 0 Å². The summed E-state index contributed by atoms with van der Waals surface area (Å²) in [5.41, 5.74) is 8.06. The Morgan fingerprint density at radius 1 is 1.11 bits per heavy atom. The molecule has 18 heavy (non-hydrogen) atoms. The zero-order valence-electron chi connectivity index (χ0n) is 10.3. The van der Waals surface area contributed by atoms with E-state index in [1.165, 1.54) is 18.4 Å². The van der Waals surface area contributed by atoms with Crippen molar-refractivity contribution in [1.29, 1.82) is 0 Å². The van der Waals surface area contributed by atoms with Gasteiger partial charge in [-0.15, -0.1) is 0 Å². The number of benzene rings is 1. The van der Waals surface area contributed by atoms with Gasteiger partial charge in [-0.25, -0.2) is 4.98 Å². The van der Waals surface area contributed by atoms with Crippen LogP contribution in [0.15, 0.2) is 48.7 Å². The molecule has 0 unspecified atom stereocenters. The van der Waals surface area contributed by atoms with E-state index in [2.05, 4.69) is 22.0 Å². The maximum atomic E-state index is 6.02. The number of anilines is 2. The van der Waals surface area contributed by atoms with Crippen molar-refractivity contribution in [3.63, 3.8) is 0 Å². The van der Waals surface area contributed by atoms with Gasteiger partial charge < -0.3 is 10.6 Å². The molecule has 1 saturated carbocycles. The standard InChI is InChI=1S/C15H17N3/c16-14-6-2-1-5-12(14)11-18(13-8-9-13)15-7-3-4-10-17-15/h1-7,10,13H,8-9,11,16H2. The number of hydrogen-bond acceptors (Lipinski definition) is 3. The molecular formula is C15H17N3. The lowest BCUT2D eigenvalue weighted by molar-refractivity contribution is 0.779. The fourth-order valence-corrected chi connectivity index (χ4v) is 2.17. The van der Waals surface area contributed by atoms with Crippen molar-refractivity contribution >= 4 is 11.5 Å². The van der Waals surface area contributed by atoms with Crippen molar-refractivity contribution < 1.29 is 0 Å². The molecule has 3 rings (SSSR count). The van der Waals surface area contributed by atoms with Crippen LogP contribution in [0.2, 0.25) is 0 Å². The second-order valence-electron chi connectivity index (χ2n) is 4.75. The van der Waals surface area contributed by atoms with E-state index in [-0.39, 0.29) is 0 Å². The number of pyridine rings is 1. The summed E-state index contributed by atoms with van der Waals surface area (Å²) < 4.78 is 0. The van der Waals surface area contributed by atoms with E-state index in [0.29, 0.717) is 6.04 Å². The van der Waals surface area contributed by atoms with Crippen molar-refractivity contribution in [3.05, 3.63) is 54.2 Å². The van der Waals surface area contributed by atoms with Gasteiger partial charge in [0, 0.05) is 24.5 Å². The van der Waals surface area contributed by atoms with Gasteiger partial charge in [0.25, 0.3) is 0 Å². The van der Waals surface area contributed by atoms with E-state index in [1.54, 1.807) is 0 Å². The molecule has 0 spiro atoms. The second kappa shape index (κ2) is 4.69. The third kappa shape index (κ3) is 2.30. The molecule has 0 radical (unpaired) electrons. The van der Waals surface area contributed by atoms with Gasteiger partial charge in [-0.3, -0.25) is 0 Å². The highest BCUT2D eigenvalue weighted by Gasteiger charge is 2.30. The molecule has 0 bridgehead atoms. The number of nitrogen functional groups attached to an aromatic ring is 1. The van der Waals surface area contributed by atoms with E-state index in [4.69, 9.17) is 5.73 Å². The first-order valence-corrected chi connectivity index (χ1v) is 6.35. The largest absolute Gasteiger partial charge is 0.398 e. The summed E-state index contributed by atoms with van der Waals surface area (Å²) in [7, 11) is 0. The highest BCUT2D eigenvalue weighted by Crippen LogP contribution is 2.32. The first-order valence-electron chi connectivity index (χ1n) is 6.35. The SMILES string of the molecule is Nc1ccccc1CN(c1ccccn1)C1CC1. The molecule has 92 valence electrons. The molecule has 0 atom stereocenters. The summed E-state index contributed by atoms with van der Waals surface area (Å²) in [6.45, 7) is 0.842. The number of rotatable bonds is 4. The van der Waals surface area contributed by atoms with Gasteiger partial charge in [-0.1, -0.05) is 24.3 Å². The van der Waals surface area contributed by atoms with Crippen LogP contribution in [-0.4, -0.2) is 11.0 Å². The Hall–Kier alpha value is -2.03. The van der Waals surface area contributed by atoms with E-state index < -0.39 is 0 Å². The Kier molecular flexibility index (Phi) is 2.89. The molecule has 0 amide bonds. The first-order chi connectivity index (χ1) is 8.84. The van der Waals surface area contributed by atoms with Crippen LogP contribution in [0.4, 0.5) is 11.5 Å². The average molecular weight is 239 g/mol. The van der Waals surface area contributed by atoms with E-state index in [1.807, 2.05) is 36.5 Å². The summed E-state index contributed by atoms with van der Waals surface area (Å²) in [5.74, 6) is 1.04. The second-order valence-corrected chi connectivity index (χ2v) is 4.75. The van der Waals surface area contributed by atoms with Gasteiger partial charge in [-0.2, -0.15) is 0 Å². The third-order valence-corrected chi connectivity index (χ3v) is 3.33. The smallest absolute Gasteiger partial charge is 0.129 e. The molecule has 1 aromatic carbocycles. The van der Waals surface area contributed by atoms with Crippen molar-refractivity contribution in [2.75, 3.05) is 10.6 Å². The van der Waals surface area contributed by atoms with Crippen LogP contribution >= 0.6 is 0 Å². The zero-order chi connectivity index (χ0) is 12.4. The van der Waals surface area contributed by atoms with Crippen molar-refractivity contribution in [2.24, 2.45) is 0 Å². The van der Waals surface area contributed by atoms with Crippen LogP contribution in [0.25, 0.3) is 0 Å². The van der Waals surface area contributed by atoms with Gasteiger partial charge in [0.05, 0.1) is 0 Å². The predicted molar refractivity (Wildman–Crippen MR) is 74.3 cm³/mol. The highest BCUT2D eigenvalue weighted by molar-refractivity contribution is 5.50. The van der Waals surface area contributed by atoms with Gasteiger partial charge in [0.1, 0.15) is 5.82 Å². The molecule has 1 fully saturated rings. The number of para-hydroxylation sites is 1. The normalized spacial score (nSPS) is 14.4. The summed E-state index contributed by atoms with van der Waals surface area (Å²) in [6.07, 6.45) is 4.35. The summed E-state index contributed by atoms with van der Waals surface area (Å²) in [4.78, 5) is 6.80. The van der Waals surface area contributed by atoms with Crippen molar-refractivity contribution in [2.45, 2.75) is 25.4 Å². The lowest BCUT2D eigenvalue weighted by Gasteiger charge is -2.24. The topological polar surface area (TPSA) is 42.1 Å². The Bertz CT molecular complexity index is 520. The van der Waals surface area contributed by atoms with Crippen molar-refractivity contribution in [1.82, 2.24) is 4.98 Å². The number of aromatic nitrogens is 1. The molecule has 1 aliphatic carbocycles. The fourth-order valence-electron chi connectivity index (χ4n) is 2.17. The highest BCUT2D eigenvalue weighted by atomic mass is 15.2. The monoisotopic (exact) mass is 239 g/mol. The fraction of sp³-hybridized carbons (Fsp3) is 0.267. The predicted octanol–water partition coefficient (Wildman–Crippen LogP) is 2.83. The van der Waals surface area contributed by atoms with Gasteiger partial charge >= 0.3 is 0 Å². The van der Waals surface area contributed by atoms with E-state index in [0.717, 1.165) is 18.1 Å². The molecule has 3 nitrogen and oxygen atoms in total. The lowest BCUT2D eigenvalue weighted by Crippen LogP contribution is -2.26. The molecular weight excluding hydrogens is 222 g/mol. The van der Waals surface area contributed by atoms with Gasteiger partial charge in [0.15, 0.2) is 0 Å². The van der Waals surface area contributed by atoms with Crippen LogP contribution in [0.3, 0.4) is 0 Å². The lowest BCUT2D eigenvalue weighted by atomic mass is 10.1. The Morgan fingerprint density at radius 2 is 1.89 bits per heavy atom. The number of nitrogens with two attached hydrogens (primary N) is 1. The Labute approximate surface area is 107 Å². The molecule has 0 saturated heterocycles. The zero-order valence-corrected chi connectivity index (χ0v) is 10.3. The maximum Gasteiger partial charge on any atom is 0.129 e. The minimum Gasteiger partial charge on any atom is -0.398 e.